The van der Waals surface area contributed by atoms with Crippen LogP contribution in [0.25, 0.3) is 11.4 Å². The summed E-state index contributed by atoms with van der Waals surface area (Å²) in [5.74, 6) is 1.26. The Kier molecular flexibility index (Phi) is 4.08. The Hall–Kier alpha value is -2.18. The van der Waals surface area contributed by atoms with E-state index in [0.29, 0.717) is 34.0 Å². The molecule has 1 saturated heterocycles. The highest BCUT2D eigenvalue weighted by Gasteiger charge is 2.32. The van der Waals surface area contributed by atoms with E-state index in [1.54, 1.807) is 12.1 Å². The molecule has 0 unspecified atom stereocenters. The predicted molar refractivity (Wildman–Crippen MR) is 92.3 cm³/mol. The average Bonchev–Trinajstić information content (AvgIpc) is 3.35. The molecule has 1 aromatic carbocycles. The molecule has 0 aliphatic carbocycles. The monoisotopic (exact) mass is 359 g/mol. The Morgan fingerprint density at radius 3 is 2.83 bits per heavy atom. The molecule has 3 heterocycles. The van der Waals surface area contributed by atoms with Crippen molar-refractivity contribution in [3.63, 3.8) is 0 Å². The van der Waals surface area contributed by atoms with Crippen molar-refractivity contribution in [2.75, 3.05) is 13.1 Å². The first-order chi connectivity index (χ1) is 11.7. The Morgan fingerprint density at radius 1 is 1.25 bits per heavy atom. The minimum atomic E-state index is 0.0113. The van der Waals surface area contributed by atoms with Gasteiger partial charge in [-0.05, 0) is 18.6 Å². The standard InChI is InChI=1S/C17H14ClN3O2S/c18-14-7-6-13(24-14)17(22)21-9-8-12(10-21)16-19-15(20-23-16)11-4-2-1-3-5-11/h1-7,12H,8-10H2/t12-/m0/s1. The zero-order valence-corrected chi connectivity index (χ0v) is 14.3. The van der Waals surface area contributed by atoms with Gasteiger partial charge < -0.3 is 9.42 Å². The minimum Gasteiger partial charge on any atom is -0.339 e. The van der Waals surface area contributed by atoms with Crippen LogP contribution in [0, 0.1) is 0 Å². The molecule has 0 radical (unpaired) electrons. The van der Waals surface area contributed by atoms with Gasteiger partial charge in [-0.3, -0.25) is 4.79 Å². The van der Waals surface area contributed by atoms with Crippen LogP contribution in [0.1, 0.15) is 27.9 Å². The topological polar surface area (TPSA) is 59.2 Å². The molecular weight excluding hydrogens is 346 g/mol. The zero-order valence-electron chi connectivity index (χ0n) is 12.7. The van der Waals surface area contributed by atoms with Crippen LogP contribution in [-0.2, 0) is 0 Å². The van der Waals surface area contributed by atoms with Crippen molar-refractivity contribution in [1.82, 2.24) is 15.0 Å². The minimum absolute atomic E-state index is 0.0113. The van der Waals surface area contributed by atoms with Gasteiger partial charge in [-0.2, -0.15) is 4.98 Å². The van der Waals surface area contributed by atoms with Gasteiger partial charge in [0.15, 0.2) is 0 Å². The molecule has 7 heteroatoms. The van der Waals surface area contributed by atoms with Crippen LogP contribution in [0.5, 0.6) is 0 Å². The van der Waals surface area contributed by atoms with Gasteiger partial charge in [0.2, 0.25) is 11.7 Å². The first-order valence-electron chi connectivity index (χ1n) is 7.64. The van der Waals surface area contributed by atoms with Gasteiger partial charge in [-0.1, -0.05) is 47.1 Å². The van der Waals surface area contributed by atoms with E-state index in [2.05, 4.69) is 10.1 Å². The van der Waals surface area contributed by atoms with Crippen LogP contribution in [-0.4, -0.2) is 34.0 Å². The molecule has 4 rings (SSSR count). The number of benzene rings is 1. The lowest BCUT2D eigenvalue weighted by atomic mass is 10.1. The van der Waals surface area contributed by atoms with Gasteiger partial charge >= 0.3 is 0 Å². The third-order valence-corrected chi connectivity index (χ3v) is 5.30. The van der Waals surface area contributed by atoms with E-state index < -0.39 is 0 Å². The van der Waals surface area contributed by atoms with Crippen molar-refractivity contribution in [2.24, 2.45) is 0 Å². The number of hydrogen-bond acceptors (Lipinski definition) is 5. The number of amides is 1. The molecular formula is C17H14ClN3O2S. The summed E-state index contributed by atoms with van der Waals surface area (Å²) in [6.45, 7) is 1.27. The Bertz CT molecular complexity index is 862. The number of halogens is 1. The molecule has 1 aliphatic rings. The van der Waals surface area contributed by atoms with E-state index in [4.69, 9.17) is 16.1 Å². The molecule has 122 valence electrons. The maximum Gasteiger partial charge on any atom is 0.263 e. The second kappa shape index (κ2) is 6.37. The van der Waals surface area contributed by atoms with Crippen LogP contribution in [0.3, 0.4) is 0 Å². The number of rotatable bonds is 3. The summed E-state index contributed by atoms with van der Waals surface area (Å²) in [5, 5.41) is 4.06. The summed E-state index contributed by atoms with van der Waals surface area (Å²) < 4.78 is 6.05. The fourth-order valence-electron chi connectivity index (χ4n) is 2.84. The Labute approximate surface area is 147 Å². The van der Waals surface area contributed by atoms with Crippen LogP contribution in [0.4, 0.5) is 0 Å². The first-order valence-corrected chi connectivity index (χ1v) is 8.84. The van der Waals surface area contributed by atoms with Gasteiger partial charge in [0.05, 0.1) is 15.1 Å². The van der Waals surface area contributed by atoms with Crippen LogP contribution >= 0.6 is 22.9 Å². The molecule has 0 bridgehead atoms. The summed E-state index contributed by atoms with van der Waals surface area (Å²) >= 11 is 7.22. The SMILES string of the molecule is O=C(c1ccc(Cl)s1)N1CC[C@H](c2nc(-c3ccccc3)no2)C1. The average molecular weight is 360 g/mol. The largest absolute Gasteiger partial charge is 0.339 e. The van der Waals surface area contributed by atoms with Gasteiger partial charge in [0.1, 0.15) is 0 Å². The van der Waals surface area contributed by atoms with Crippen molar-refractivity contribution >= 4 is 28.8 Å². The Morgan fingerprint density at radius 2 is 2.08 bits per heavy atom. The van der Waals surface area contributed by atoms with Crippen molar-refractivity contribution < 1.29 is 9.32 Å². The number of aromatic nitrogens is 2. The molecule has 1 aliphatic heterocycles. The smallest absolute Gasteiger partial charge is 0.263 e. The summed E-state index contributed by atoms with van der Waals surface area (Å²) in [6, 6.07) is 13.2. The molecule has 1 amide bonds. The molecule has 0 N–H and O–H groups in total. The van der Waals surface area contributed by atoms with Crippen LogP contribution < -0.4 is 0 Å². The van der Waals surface area contributed by atoms with Crippen molar-refractivity contribution in [3.05, 3.63) is 57.6 Å². The third kappa shape index (κ3) is 2.95. The predicted octanol–water partition coefficient (Wildman–Crippen LogP) is 4.08. The maximum absolute atomic E-state index is 12.5. The summed E-state index contributed by atoms with van der Waals surface area (Å²) in [4.78, 5) is 19.5. The van der Waals surface area contributed by atoms with Gasteiger partial charge in [0, 0.05) is 18.7 Å². The molecule has 1 fully saturated rings. The number of carbonyl (C=O) groups excluding carboxylic acids is 1. The van der Waals surface area contributed by atoms with E-state index >= 15 is 0 Å². The summed E-state index contributed by atoms with van der Waals surface area (Å²) in [5.41, 5.74) is 0.923. The molecule has 1 atom stereocenters. The molecule has 5 nitrogen and oxygen atoms in total. The van der Waals surface area contributed by atoms with Crippen molar-refractivity contribution in [2.45, 2.75) is 12.3 Å². The quantitative estimate of drug-likeness (QED) is 0.707. The number of nitrogens with zero attached hydrogens (tertiary/aromatic N) is 3. The fourth-order valence-corrected chi connectivity index (χ4v) is 3.85. The second-order valence-corrected chi connectivity index (χ2v) is 7.38. The normalized spacial score (nSPS) is 17.4. The summed E-state index contributed by atoms with van der Waals surface area (Å²) in [6.07, 6.45) is 0.821. The van der Waals surface area contributed by atoms with E-state index in [9.17, 15) is 4.79 Å². The van der Waals surface area contributed by atoms with Gasteiger partial charge in [0.25, 0.3) is 5.91 Å². The van der Waals surface area contributed by atoms with Crippen LogP contribution in [0.2, 0.25) is 4.34 Å². The number of hydrogen-bond donors (Lipinski definition) is 0. The highest BCUT2D eigenvalue weighted by molar-refractivity contribution is 7.17. The molecule has 2 aromatic heterocycles. The summed E-state index contributed by atoms with van der Waals surface area (Å²) in [7, 11) is 0. The molecule has 24 heavy (non-hydrogen) atoms. The van der Waals surface area contributed by atoms with E-state index in [1.807, 2.05) is 35.2 Å². The van der Waals surface area contributed by atoms with E-state index in [0.717, 1.165) is 12.0 Å². The highest BCUT2D eigenvalue weighted by atomic mass is 35.5. The van der Waals surface area contributed by atoms with E-state index in [-0.39, 0.29) is 11.8 Å². The second-order valence-electron chi connectivity index (χ2n) is 5.66. The van der Waals surface area contributed by atoms with E-state index in [1.165, 1.54) is 11.3 Å². The zero-order chi connectivity index (χ0) is 16.5. The lowest BCUT2D eigenvalue weighted by Crippen LogP contribution is -2.27. The maximum atomic E-state index is 12.5. The number of thiophene rings is 1. The highest BCUT2D eigenvalue weighted by Crippen LogP contribution is 2.30. The first kappa shape index (κ1) is 15.4. The van der Waals surface area contributed by atoms with Gasteiger partial charge in [-0.25, -0.2) is 0 Å². The molecule has 0 saturated carbocycles. The molecule has 3 aromatic rings. The van der Waals surface area contributed by atoms with Crippen LogP contribution in [0.15, 0.2) is 47.0 Å². The van der Waals surface area contributed by atoms with Crippen molar-refractivity contribution in [1.29, 1.82) is 0 Å². The Balaban J connectivity index is 1.47. The lowest BCUT2D eigenvalue weighted by Gasteiger charge is -2.14. The molecule has 0 spiro atoms. The van der Waals surface area contributed by atoms with Crippen molar-refractivity contribution in [3.8, 4) is 11.4 Å². The number of likely N-dealkylation sites (tertiary alicyclic amines) is 1. The van der Waals surface area contributed by atoms with Gasteiger partial charge in [-0.15, -0.1) is 11.3 Å². The third-order valence-electron chi connectivity index (χ3n) is 4.08. The lowest BCUT2D eigenvalue weighted by molar-refractivity contribution is 0.0794. The number of carbonyl (C=O) groups is 1. The fraction of sp³-hybridized carbons (Fsp3) is 0.235.